The van der Waals surface area contributed by atoms with E-state index < -0.39 is 7.26 Å². The van der Waals surface area contributed by atoms with Gasteiger partial charge in [0.1, 0.15) is 23.2 Å². The lowest BCUT2D eigenvalue weighted by Gasteiger charge is -2.29. The summed E-state index contributed by atoms with van der Waals surface area (Å²) in [6.07, 6.45) is 0.992. The minimum absolute atomic E-state index is 0. The Labute approximate surface area is 203 Å². The molecule has 0 nitrogen and oxygen atoms in total. The maximum absolute atomic E-state index is 2.36. The van der Waals surface area contributed by atoms with E-state index in [2.05, 4.69) is 146 Å². The maximum atomic E-state index is 2.36. The highest BCUT2D eigenvalue weighted by atomic mass is 35.5. The molecule has 0 bridgehead atoms. The Morgan fingerprint density at radius 2 is 0.848 bits per heavy atom. The minimum atomic E-state index is -1.98. The van der Waals surface area contributed by atoms with Crippen LogP contribution >= 0.6 is 7.26 Å². The summed E-state index contributed by atoms with van der Waals surface area (Å²) in [4.78, 5) is 0. The van der Waals surface area contributed by atoms with Gasteiger partial charge in [0, 0.05) is 5.56 Å². The smallest absolute Gasteiger partial charge is 0.117 e. The molecule has 0 aliphatic rings. The lowest BCUT2D eigenvalue weighted by atomic mass is 10.1. The highest BCUT2D eigenvalue weighted by Gasteiger charge is 2.46. The van der Waals surface area contributed by atoms with Crippen molar-refractivity contribution in [3.63, 3.8) is 0 Å². The second-order valence-corrected chi connectivity index (χ2v) is 11.5. The van der Waals surface area contributed by atoms with Gasteiger partial charge in [0.2, 0.25) is 0 Å². The lowest BCUT2D eigenvalue weighted by molar-refractivity contribution is -0.00000613. The molecule has 5 aromatic rings. The van der Waals surface area contributed by atoms with Crippen molar-refractivity contribution in [2.45, 2.75) is 6.16 Å². The Bertz CT molecular complexity index is 1230. The summed E-state index contributed by atoms with van der Waals surface area (Å²) in [5.41, 5.74) is 3.97. The third kappa shape index (κ3) is 4.64. The van der Waals surface area contributed by atoms with E-state index in [9.17, 15) is 0 Å². The SMILES string of the molecule is [Cl-].c1ccc(C[P+](c2ccccc2)(c2ccccc2)c2ccccc2-c2ccccc2)cc1. The number of hydrogen-bond donors (Lipinski definition) is 0. The molecule has 5 aromatic carbocycles. The van der Waals surface area contributed by atoms with Gasteiger partial charge in [-0.15, -0.1) is 0 Å². The topological polar surface area (TPSA) is 0 Å². The summed E-state index contributed by atoms with van der Waals surface area (Å²) >= 11 is 0. The quantitative estimate of drug-likeness (QED) is 0.335. The van der Waals surface area contributed by atoms with Crippen LogP contribution in [0.5, 0.6) is 0 Å². The largest absolute Gasteiger partial charge is 1.00 e. The van der Waals surface area contributed by atoms with Gasteiger partial charge in [0.15, 0.2) is 0 Å². The first-order valence-electron chi connectivity index (χ1n) is 11.1. The van der Waals surface area contributed by atoms with Gasteiger partial charge >= 0.3 is 0 Å². The summed E-state index contributed by atoms with van der Waals surface area (Å²) in [7, 11) is -1.98. The van der Waals surface area contributed by atoms with E-state index in [4.69, 9.17) is 0 Å². The van der Waals surface area contributed by atoms with E-state index in [0.717, 1.165) is 6.16 Å². The van der Waals surface area contributed by atoms with Crippen LogP contribution < -0.4 is 28.3 Å². The summed E-state index contributed by atoms with van der Waals surface area (Å²) in [6, 6.07) is 53.1. The van der Waals surface area contributed by atoms with Crippen molar-refractivity contribution in [3.8, 4) is 11.1 Å². The fraction of sp³-hybridized carbons (Fsp3) is 0.0323. The van der Waals surface area contributed by atoms with Gasteiger partial charge in [0.05, 0.1) is 6.16 Å². The molecule has 0 saturated heterocycles. The maximum Gasteiger partial charge on any atom is 0.117 e. The molecular formula is C31H26ClP. The highest BCUT2D eigenvalue weighted by Crippen LogP contribution is 2.59. The summed E-state index contributed by atoms with van der Waals surface area (Å²) in [6.45, 7) is 0. The Balaban J connectivity index is 0.00000259. The molecule has 0 aliphatic carbocycles. The molecule has 0 radical (unpaired) electrons. The Morgan fingerprint density at radius 1 is 0.424 bits per heavy atom. The Kier molecular flexibility index (Phi) is 7.40. The van der Waals surface area contributed by atoms with Crippen LogP contribution in [0.1, 0.15) is 5.56 Å². The van der Waals surface area contributed by atoms with Gasteiger partial charge in [-0.3, -0.25) is 0 Å². The highest BCUT2D eigenvalue weighted by molar-refractivity contribution is 7.95. The third-order valence-electron chi connectivity index (χ3n) is 6.06. The van der Waals surface area contributed by atoms with Crippen LogP contribution in [0.25, 0.3) is 11.1 Å². The van der Waals surface area contributed by atoms with Crippen molar-refractivity contribution >= 4 is 23.2 Å². The molecule has 0 heterocycles. The average Bonchev–Trinajstić information content (AvgIpc) is 2.89. The number of halogens is 1. The molecule has 0 spiro atoms. The summed E-state index contributed by atoms with van der Waals surface area (Å²) < 4.78 is 0. The van der Waals surface area contributed by atoms with Crippen molar-refractivity contribution in [1.29, 1.82) is 0 Å². The van der Waals surface area contributed by atoms with Gasteiger partial charge in [-0.05, 0) is 41.5 Å². The minimum Gasteiger partial charge on any atom is -1.00 e. The van der Waals surface area contributed by atoms with Gasteiger partial charge in [0.25, 0.3) is 0 Å². The fourth-order valence-corrected chi connectivity index (χ4v) is 9.05. The van der Waals surface area contributed by atoms with Gasteiger partial charge in [-0.2, -0.15) is 0 Å². The van der Waals surface area contributed by atoms with Crippen molar-refractivity contribution < 1.29 is 12.4 Å². The van der Waals surface area contributed by atoms with E-state index in [1.165, 1.54) is 32.6 Å². The summed E-state index contributed by atoms with van der Waals surface area (Å²) in [5, 5.41) is 4.27. The number of benzene rings is 5. The third-order valence-corrected chi connectivity index (χ3v) is 10.5. The lowest BCUT2D eigenvalue weighted by Crippen LogP contribution is -3.00. The van der Waals surface area contributed by atoms with E-state index in [1.807, 2.05) is 0 Å². The molecule has 0 aliphatic heterocycles. The van der Waals surface area contributed by atoms with E-state index in [0.29, 0.717) is 0 Å². The Hall–Kier alpha value is -3.18. The molecular weight excluding hydrogens is 439 g/mol. The molecule has 5 rings (SSSR count). The zero-order chi connectivity index (χ0) is 21.6. The first-order chi connectivity index (χ1) is 15.9. The van der Waals surface area contributed by atoms with E-state index in [-0.39, 0.29) is 12.4 Å². The Morgan fingerprint density at radius 3 is 1.39 bits per heavy atom. The van der Waals surface area contributed by atoms with Crippen LogP contribution in [0.3, 0.4) is 0 Å². The standard InChI is InChI=1S/C31H26P.ClH/c1-5-15-26(16-6-1)25-32(28-19-9-3-10-20-28,29-21-11-4-12-22-29)31-24-14-13-23-30(31)27-17-7-2-8-18-27;/h1-24H,25H2;1H/q+1;/p-1. The second kappa shape index (κ2) is 10.6. The zero-order valence-corrected chi connectivity index (χ0v) is 20.0. The van der Waals surface area contributed by atoms with Crippen LogP contribution in [0, 0.1) is 0 Å². The van der Waals surface area contributed by atoms with Crippen molar-refractivity contribution in [2.75, 3.05) is 0 Å². The van der Waals surface area contributed by atoms with Crippen LogP contribution in [-0.4, -0.2) is 0 Å². The van der Waals surface area contributed by atoms with Crippen LogP contribution in [0.4, 0.5) is 0 Å². The average molecular weight is 465 g/mol. The van der Waals surface area contributed by atoms with Gasteiger partial charge < -0.3 is 12.4 Å². The first-order valence-corrected chi connectivity index (χ1v) is 13.0. The van der Waals surface area contributed by atoms with Crippen molar-refractivity contribution in [1.82, 2.24) is 0 Å². The molecule has 0 atom stereocenters. The van der Waals surface area contributed by atoms with Crippen LogP contribution in [0.2, 0.25) is 0 Å². The zero-order valence-electron chi connectivity index (χ0n) is 18.4. The number of hydrogen-bond acceptors (Lipinski definition) is 0. The van der Waals surface area contributed by atoms with Gasteiger partial charge in [-0.1, -0.05) is 115 Å². The van der Waals surface area contributed by atoms with E-state index in [1.54, 1.807) is 0 Å². The molecule has 0 saturated carbocycles. The first kappa shape index (κ1) is 23.0. The second-order valence-electron chi connectivity index (χ2n) is 8.01. The molecule has 0 N–H and O–H groups in total. The molecule has 0 unspecified atom stereocenters. The molecule has 0 fully saturated rings. The van der Waals surface area contributed by atoms with Gasteiger partial charge in [-0.25, -0.2) is 0 Å². The molecule has 0 amide bonds. The van der Waals surface area contributed by atoms with E-state index >= 15 is 0 Å². The predicted molar refractivity (Wildman–Crippen MR) is 141 cm³/mol. The van der Waals surface area contributed by atoms with Crippen molar-refractivity contribution in [2.24, 2.45) is 0 Å². The van der Waals surface area contributed by atoms with Crippen LogP contribution in [0.15, 0.2) is 146 Å². The molecule has 162 valence electrons. The normalized spacial score (nSPS) is 10.9. The van der Waals surface area contributed by atoms with Crippen molar-refractivity contribution in [3.05, 3.63) is 151 Å². The monoisotopic (exact) mass is 464 g/mol. The fourth-order valence-electron chi connectivity index (χ4n) is 4.59. The predicted octanol–water partition coefficient (Wildman–Crippen LogP) is 3.85. The molecule has 33 heavy (non-hydrogen) atoms. The molecule has 2 heteroatoms. The molecule has 0 aromatic heterocycles. The number of rotatable bonds is 6. The summed E-state index contributed by atoms with van der Waals surface area (Å²) in [5.74, 6) is 0. The van der Waals surface area contributed by atoms with Crippen LogP contribution in [-0.2, 0) is 6.16 Å².